The minimum absolute atomic E-state index is 0.134. The Morgan fingerprint density at radius 1 is 1.04 bits per heavy atom. The summed E-state index contributed by atoms with van der Waals surface area (Å²) in [6.45, 7) is 6.63. The summed E-state index contributed by atoms with van der Waals surface area (Å²) in [7, 11) is 0. The Morgan fingerprint density at radius 2 is 1.68 bits per heavy atom. The molecule has 2 heterocycles. The molecule has 2 fully saturated rings. The number of rotatable bonds is 5. The second-order valence-corrected chi connectivity index (χ2v) is 8.50. The van der Waals surface area contributed by atoms with Crippen LogP contribution in [0.1, 0.15) is 24.2 Å². The van der Waals surface area contributed by atoms with Crippen LogP contribution in [0.15, 0.2) is 35.2 Å². The van der Waals surface area contributed by atoms with Gasteiger partial charge in [0, 0.05) is 32.1 Å². The van der Waals surface area contributed by atoms with Gasteiger partial charge in [-0.25, -0.2) is 4.68 Å². The van der Waals surface area contributed by atoms with Crippen LogP contribution in [-0.4, -0.2) is 63.3 Å². The number of nitrogens with zero attached hydrogens (tertiary/aromatic N) is 4. The van der Waals surface area contributed by atoms with Gasteiger partial charge in [0.2, 0.25) is 11.8 Å². The molecular formula is C21H26N4O2S. The molecule has 6 nitrogen and oxygen atoms in total. The van der Waals surface area contributed by atoms with Gasteiger partial charge in [-0.1, -0.05) is 18.2 Å². The number of aryl methyl sites for hydroxylation is 1. The third kappa shape index (κ3) is 3.94. The zero-order valence-electron chi connectivity index (χ0n) is 16.4. The third-order valence-electron chi connectivity index (χ3n) is 5.44. The minimum atomic E-state index is 0.134. The van der Waals surface area contributed by atoms with Gasteiger partial charge in [0.1, 0.15) is 0 Å². The van der Waals surface area contributed by atoms with E-state index in [0.717, 1.165) is 34.8 Å². The SMILES string of the molecule is Cc1nn(-c2ccccc2)c(C)c1SCC(=O)N1CCN(C(=O)C2CC2)CC1. The van der Waals surface area contributed by atoms with Gasteiger partial charge in [0.05, 0.1) is 27.7 Å². The van der Waals surface area contributed by atoms with Crippen LogP contribution < -0.4 is 0 Å². The predicted molar refractivity (Wildman–Crippen MR) is 110 cm³/mol. The van der Waals surface area contributed by atoms with Crippen LogP contribution in [0.25, 0.3) is 5.69 Å². The molecule has 2 amide bonds. The highest BCUT2D eigenvalue weighted by molar-refractivity contribution is 8.00. The van der Waals surface area contributed by atoms with Crippen molar-refractivity contribution in [1.82, 2.24) is 19.6 Å². The van der Waals surface area contributed by atoms with E-state index in [2.05, 4.69) is 5.10 Å². The molecule has 28 heavy (non-hydrogen) atoms. The van der Waals surface area contributed by atoms with Crippen molar-refractivity contribution in [2.24, 2.45) is 5.92 Å². The Labute approximate surface area is 169 Å². The first kappa shape index (κ1) is 19.1. The summed E-state index contributed by atoms with van der Waals surface area (Å²) in [4.78, 5) is 29.7. The first-order valence-corrected chi connectivity index (χ1v) is 10.8. The second kappa shape index (κ2) is 7.99. The fourth-order valence-electron chi connectivity index (χ4n) is 3.65. The standard InChI is InChI=1S/C21H26N4O2S/c1-15-20(16(2)25(22-15)18-6-4-3-5-7-18)28-14-19(26)23-10-12-24(13-11-23)21(27)17-8-9-17/h3-7,17H,8-14H2,1-2H3. The summed E-state index contributed by atoms with van der Waals surface area (Å²) in [5, 5.41) is 4.65. The van der Waals surface area contributed by atoms with Crippen molar-refractivity contribution >= 4 is 23.6 Å². The molecule has 2 aliphatic rings. The average molecular weight is 399 g/mol. The Hall–Kier alpha value is -2.28. The number of benzene rings is 1. The van der Waals surface area contributed by atoms with E-state index >= 15 is 0 Å². The molecule has 0 unspecified atom stereocenters. The maximum absolute atomic E-state index is 12.7. The number of aromatic nitrogens is 2. The van der Waals surface area contributed by atoms with Crippen LogP contribution in [-0.2, 0) is 9.59 Å². The molecule has 7 heteroatoms. The smallest absolute Gasteiger partial charge is 0.233 e. The zero-order valence-corrected chi connectivity index (χ0v) is 17.2. The first-order chi connectivity index (χ1) is 13.5. The summed E-state index contributed by atoms with van der Waals surface area (Å²) < 4.78 is 1.93. The van der Waals surface area contributed by atoms with Crippen molar-refractivity contribution in [3.63, 3.8) is 0 Å². The fraction of sp³-hybridized carbons (Fsp3) is 0.476. The van der Waals surface area contributed by atoms with Gasteiger partial charge >= 0.3 is 0 Å². The van der Waals surface area contributed by atoms with E-state index in [1.807, 2.05) is 58.7 Å². The van der Waals surface area contributed by atoms with Crippen molar-refractivity contribution in [1.29, 1.82) is 0 Å². The highest BCUT2D eigenvalue weighted by Crippen LogP contribution is 2.31. The van der Waals surface area contributed by atoms with E-state index in [4.69, 9.17) is 0 Å². The summed E-state index contributed by atoms with van der Waals surface area (Å²) in [6.07, 6.45) is 2.06. The lowest BCUT2D eigenvalue weighted by molar-refractivity contribution is -0.139. The van der Waals surface area contributed by atoms with Gasteiger partial charge in [0.25, 0.3) is 0 Å². The van der Waals surface area contributed by atoms with Crippen LogP contribution in [0.3, 0.4) is 0 Å². The Balaban J connectivity index is 1.34. The second-order valence-electron chi connectivity index (χ2n) is 7.52. The fourth-order valence-corrected chi connectivity index (χ4v) is 4.64. The van der Waals surface area contributed by atoms with Gasteiger partial charge in [-0.2, -0.15) is 5.10 Å². The molecule has 0 bridgehead atoms. The van der Waals surface area contributed by atoms with Crippen LogP contribution >= 0.6 is 11.8 Å². The number of amides is 2. The van der Waals surface area contributed by atoms with Gasteiger partial charge < -0.3 is 9.80 Å². The lowest BCUT2D eigenvalue weighted by Crippen LogP contribution is -2.51. The summed E-state index contributed by atoms with van der Waals surface area (Å²) in [5.74, 6) is 1.07. The number of carbonyl (C=O) groups is 2. The van der Waals surface area contributed by atoms with Gasteiger partial charge in [0.15, 0.2) is 0 Å². The van der Waals surface area contributed by atoms with Crippen LogP contribution in [0.5, 0.6) is 0 Å². The number of hydrogen-bond acceptors (Lipinski definition) is 4. The normalized spacial score (nSPS) is 17.1. The molecule has 1 aromatic carbocycles. The molecule has 0 radical (unpaired) electrons. The molecule has 1 saturated heterocycles. The summed E-state index contributed by atoms with van der Waals surface area (Å²) >= 11 is 1.56. The Morgan fingerprint density at radius 3 is 2.32 bits per heavy atom. The molecule has 0 spiro atoms. The Bertz CT molecular complexity index is 868. The molecule has 1 aliphatic carbocycles. The zero-order chi connectivity index (χ0) is 19.7. The molecule has 1 aliphatic heterocycles. The minimum Gasteiger partial charge on any atom is -0.339 e. The van der Waals surface area contributed by atoms with E-state index in [9.17, 15) is 9.59 Å². The van der Waals surface area contributed by atoms with E-state index in [-0.39, 0.29) is 17.7 Å². The van der Waals surface area contributed by atoms with Crippen molar-refractivity contribution in [2.75, 3.05) is 31.9 Å². The summed E-state index contributed by atoms with van der Waals surface area (Å²) in [6, 6.07) is 10.0. The topological polar surface area (TPSA) is 58.4 Å². The quantitative estimate of drug-likeness (QED) is 0.727. The molecule has 1 saturated carbocycles. The lowest BCUT2D eigenvalue weighted by atomic mass is 10.2. The highest BCUT2D eigenvalue weighted by Gasteiger charge is 2.35. The monoisotopic (exact) mass is 398 g/mol. The highest BCUT2D eigenvalue weighted by atomic mass is 32.2. The van der Waals surface area contributed by atoms with Crippen molar-refractivity contribution < 1.29 is 9.59 Å². The first-order valence-electron chi connectivity index (χ1n) is 9.85. The molecule has 1 aromatic heterocycles. The van der Waals surface area contributed by atoms with E-state index in [1.165, 1.54) is 0 Å². The third-order valence-corrected chi connectivity index (χ3v) is 6.71. The van der Waals surface area contributed by atoms with Crippen molar-refractivity contribution in [3.05, 3.63) is 41.7 Å². The predicted octanol–water partition coefficient (Wildman–Crippen LogP) is 2.66. The maximum Gasteiger partial charge on any atom is 0.233 e. The Kier molecular flexibility index (Phi) is 5.44. The van der Waals surface area contributed by atoms with Crippen LogP contribution in [0.2, 0.25) is 0 Å². The van der Waals surface area contributed by atoms with E-state index in [1.54, 1.807) is 11.8 Å². The molecule has 0 atom stereocenters. The van der Waals surface area contributed by atoms with Crippen LogP contribution in [0, 0.1) is 19.8 Å². The largest absolute Gasteiger partial charge is 0.339 e. The molecular weight excluding hydrogens is 372 g/mol. The van der Waals surface area contributed by atoms with Crippen molar-refractivity contribution in [3.8, 4) is 5.69 Å². The number of hydrogen-bond donors (Lipinski definition) is 0. The number of para-hydroxylation sites is 1. The van der Waals surface area contributed by atoms with Gasteiger partial charge in [-0.15, -0.1) is 11.8 Å². The summed E-state index contributed by atoms with van der Waals surface area (Å²) in [5.41, 5.74) is 3.03. The lowest BCUT2D eigenvalue weighted by Gasteiger charge is -2.35. The number of carbonyl (C=O) groups excluding carboxylic acids is 2. The molecule has 148 valence electrons. The molecule has 4 rings (SSSR count). The average Bonchev–Trinajstić information content (AvgIpc) is 3.53. The van der Waals surface area contributed by atoms with Gasteiger partial charge in [-0.05, 0) is 38.8 Å². The van der Waals surface area contributed by atoms with E-state index < -0.39 is 0 Å². The number of thioether (sulfide) groups is 1. The van der Waals surface area contributed by atoms with Crippen molar-refractivity contribution in [2.45, 2.75) is 31.6 Å². The maximum atomic E-state index is 12.7. The van der Waals surface area contributed by atoms with Gasteiger partial charge in [-0.3, -0.25) is 9.59 Å². The van der Waals surface area contributed by atoms with E-state index in [0.29, 0.717) is 31.9 Å². The molecule has 0 N–H and O–H groups in total. The molecule has 2 aromatic rings. The van der Waals surface area contributed by atoms with Crippen LogP contribution in [0.4, 0.5) is 0 Å². The number of piperazine rings is 1.